The van der Waals surface area contributed by atoms with Crippen LogP contribution in [0.4, 0.5) is 0 Å². The molecule has 0 aliphatic heterocycles. The topological polar surface area (TPSA) is 72.7 Å². The van der Waals surface area contributed by atoms with E-state index in [4.69, 9.17) is 0 Å². The number of hydrogen-bond acceptors (Lipinski definition) is 5. The summed E-state index contributed by atoms with van der Waals surface area (Å²) in [6.07, 6.45) is 5.22. The number of hydrogen-bond donors (Lipinski definition) is 1. The monoisotopic (exact) mass is 367 g/mol. The lowest BCUT2D eigenvalue weighted by Gasteiger charge is -2.09. The van der Waals surface area contributed by atoms with Gasteiger partial charge in [-0.2, -0.15) is 5.10 Å². The molecule has 134 valence electrons. The number of thioether (sulfide) groups is 1. The minimum absolute atomic E-state index is 0.0229. The van der Waals surface area contributed by atoms with Gasteiger partial charge in [0, 0.05) is 35.4 Å². The molecule has 3 aromatic rings. The molecule has 7 heteroatoms. The van der Waals surface area contributed by atoms with E-state index in [1.165, 1.54) is 22.3 Å². The van der Waals surface area contributed by atoms with Crippen molar-refractivity contribution in [3.05, 3.63) is 65.9 Å². The van der Waals surface area contributed by atoms with Gasteiger partial charge in [0.25, 0.3) is 0 Å². The number of aryl methyl sites for hydroxylation is 2. The van der Waals surface area contributed by atoms with Crippen LogP contribution in [-0.4, -0.2) is 31.4 Å². The zero-order valence-electron chi connectivity index (χ0n) is 14.8. The fraction of sp³-hybridized carbons (Fsp3) is 0.263. The van der Waals surface area contributed by atoms with Crippen molar-refractivity contribution in [3.63, 3.8) is 0 Å². The first-order chi connectivity index (χ1) is 12.6. The van der Waals surface area contributed by atoms with Crippen LogP contribution in [0.15, 0.2) is 54.1 Å². The molecule has 1 N–H and O–H groups in total. The molecule has 1 amide bonds. The first-order valence-electron chi connectivity index (χ1n) is 8.39. The number of carbonyl (C=O) groups excluding carboxylic acids is 1. The molecule has 2 aromatic heterocycles. The lowest BCUT2D eigenvalue weighted by Crippen LogP contribution is -2.24. The van der Waals surface area contributed by atoms with Crippen LogP contribution in [0.5, 0.6) is 0 Å². The molecular weight excluding hydrogens is 346 g/mol. The highest BCUT2D eigenvalue weighted by Crippen LogP contribution is 2.21. The average Bonchev–Trinajstić information content (AvgIpc) is 3.18. The van der Waals surface area contributed by atoms with Crippen LogP contribution in [0.2, 0.25) is 0 Å². The van der Waals surface area contributed by atoms with E-state index >= 15 is 0 Å². The Balaban J connectivity index is 1.50. The quantitative estimate of drug-likeness (QED) is 0.650. The molecule has 0 aliphatic carbocycles. The Labute approximate surface area is 157 Å². The standard InChI is InChI=1S/C19H21N5OS/c1-14-5-6-17(10-15(14)2)26-9-7-18(25)22-11-16-4-3-8-21-19(16)24-13-20-12-23-24/h3-6,8,10,12-13H,7,9,11H2,1-2H3,(H,22,25). The lowest BCUT2D eigenvalue weighted by atomic mass is 10.1. The van der Waals surface area contributed by atoms with E-state index in [9.17, 15) is 4.79 Å². The predicted molar refractivity (Wildman–Crippen MR) is 102 cm³/mol. The van der Waals surface area contributed by atoms with Gasteiger partial charge in [-0.3, -0.25) is 4.79 Å². The fourth-order valence-corrected chi connectivity index (χ4v) is 3.39. The molecule has 3 rings (SSSR count). The average molecular weight is 367 g/mol. The third kappa shape index (κ3) is 4.70. The van der Waals surface area contributed by atoms with Crippen LogP contribution in [0, 0.1) is 13.8 Å². The molecule has 0 saturated heterocycles. The van der Waals surface area contributed by atoms with Gasteiger partial charge in [-0.15, -0.1) is 11.8 Å². The maximum Gasteiger partial charge on any atom is 0.221 e. The molecule has 0 bridgehead atoms. The summed E-state index contributed by atoms with van der Waals surface area (Å²) in [6.45, 7) is 4.62. The second-order valence-electron chi connectivity index (χ2n) is 5.95. The normalized spacial score (nSPS) is 10.7. The number of pyridine rings is 1. The van der Waals surface area contributed by atoms with Gasteiger partial charge in [0.05, 0.1) is 0 Å². The van der Waals surface area contributed by atoms with Gasteiger partial charge in [-0.05, 0) is 43.2 Å². The highest BCUT2D eigenvalue weighted by molar-refractivity contribution is 7.99. The van der Waals surface area contributed by atoms with E-state index < -0.39 is 0 Å². The van der Waals surface area contributed by atoms with Gasteiger partial charge in [0.2, 0.25) is 5.91 Å². The van der Waals surface area contributed by atoms with Gasteiger partial charge >= 0.3 is 0 Å². The number of rotatable bonds is 7. The Morgan fingerprint density at radius 1 is 1.23 bits per heavy atom. The lowest BCUT2D eigenvalue weighted by molar-refractivity contribution is -0.120. The molecule has 6 nitrogen and oxygen atoms in total. The summed E-state index contributed by atoms with van der Waals surface area (Å²) in [7, 11) is 0. The van der Waals surface area contributed by atoms with Gasteiger partial charge < -0.3 is 5.32 Å². The summed E-state index contributed by atoms with van der Waals surface area (Å²) in [5.74, 6) is 1.45. The van der Waals surface area contributed by atoms with Crippen LogP contribution >= 0.6 is 11.8 Å². The second-order valence-corrected chi connectivity index (χ2v) is 7.12. The van der Waals surface area contributed by atoms with E-state index in [2.05, 4.69) is 52.4 Å². The van der Waals surface area contributed by atoms with Crippen LogP contribution in [0.3, 0.4) is 0 Å². The van der Waals surface area contributed by atoms with Crippen molar-refractivity contribution < 1.29 is 4.79 Å². The third-order valence-corrected chi connectivity index (χ3v) is 5.05. The number of amides is 1. The Morgan fingerprint density at radius 3 is 2.88 bits per heavy atom. The van der Waals surface area contributed by atoms with E-state index in [1.54, 1.807) is 29.0 Å². The van der Waals surface area contributed by atoms with E-state index in [0.29, 0.717) is 18.8 Å². The van der Waals surface area contributed by atoms with Gasteiger partial charge in [0.1, 0.15) is 12.7 Å². The maximum atomic E-state index is 12.1. The van der Waals surface area contributed by atoms with Crippen molar-refractivity contribution in [1.29, 1.82) is 0 Å². The molecule has 0 spiro atoms. The number of nitrogens with zero attached hydrogens (tertiary/aromatic N) is 4. The zero-order chi connectivity index (χ0) is 18.4. The zero-order valence-corrected chi connectivity index (χ0v) is 15.7. The van der Waals surface area contributed by atoms with E-state index in [1.807, 2.05) is 12.1 Å². The number of benzene rings is 1. The summed E-state index contributed by atoms with van der Waals surface area (Å²) >= 11 is 1.70. The minimum atomic E-state index is 0.0229. The molecule has 0 unspecified atom stereocenters. The highest BCUT2D eigenvalue weighted by atomic mass is 32.2. The fourth-order valence-electron chi connectivity index (χ4n) is 2.44. The van der Waals surface area contributed by atoms with Crippen molar-refractivity contribution >= 4 is 17.7 Å². The van der Waals surface area contributed by atoms with Crippen molar-refractivity contribution in [1.82, 2.24) is 25.1 Å². The minimum Gasteiger partial charge on any atom is -0.352 e. The third-order valence-electron chi connectivity index (χ3n) is 4.06. The van der Waals surface area contributed by atoms with Crippen molar-refractivity contribution in [2.75, 3.05) is 5.75 Å². The largest absolute Gasteiger partial charge is 0.352 e. The van der Waals surface area contributed by atoms with Gasteiger partial charge in [-0.1, -0.05) is 12.1 Å². The summed E-state index contributed by atoms with van der Waals surface area (Å²) < 4.78 is 1.59. The Morgan fingerprint density at radius 2 is 2.12 bits per heavy atom. The molecule has 0 atom stereocenters. The van der Waals surface area contributed by atoms with Crippen molar-refractivity contribution in [3.8, 4) is 5.82 Å². The van der Waals surface area contributed by atoms with Crippen molar-refractivity contribution in [2.45, 2.75) is 31.7 Å². The first kappa shape index (κ1) is 18.1. The van der Waals surface area contributed by atoms with Crippen LogP contribution < -0.4 is 5.32 Å². The van der Waals surface area contributed by atoms with Crippen molar-refractivity contribution in [2.24, 2.45) is 0 Å². The Hall–Kier alpha value is -2.67. The predicted octanol–water partition coefficient (Wildman–Crippen LogP) is 3.08. The Bertz CT molecular complexity index is 879. The van der Waals surface area contributed by atoms with Crippen LogP contribution in [0.25, 0.3) is 5.82 Å². The van der Waals surface area contributed by atoms with E-state index in [0.717, 1.165) is 11.3 Å². The summed E-state index contributed by atoms with van der Waals surface area (Å²) in [4.78, 5) is 21.6. The highest BCUT2D eigenvalue weighted by Gasteiger charge is 2.08. The molecule has 0 saturated carbocycles. The molecule has 0 fully saturated rings. The number of nitrogens with one attached hydrogen (secondary N) is 1. The maximum absolute atomic E-state index is 12.1. The summed E-state index contributed by atoms with van der Waals surface area (Å²) in [5, 5.41) is 7.05. The molecule has 2 heterocycles. The number of aromatic nitrogens is 4. The molecule has 26 heavy (non-hydrogen) atoms. The van der Waals surface area contributed by atoms with Crippen LogP contribution in [0.1, 0.15) is 23.1 Å². The van der Waals surface area contributed by atoms with Crippen LogP contribution in [-0.2, 0) is 11.3 Å². The van der Waals surface area contributed by atoms with E-state index in [-0.39, 0.29) is 5.91 Å². The SMILES string of the molecule is Cc1ccc(SCCC(=O)NCc2cccnc2-n2cncn2)cc1C. The van der Waals surface area contributed by atoms with Gasteiger partial charge in [-0.25, -0.2) is 14.6 Å². The summed E-state index contributed by atoms with van der Waals surface area (Å²) in [5.41, 5.74) is 3.46. The Kier molecular flexibility index (Phi) is 6.01. The smallest absolute Gasteiger partial charge is 0.221 e. The molecule has 0 radical (unpaired) electrons. The summed E-state index contributed by atoms with van der Waals surface area (Å²) in [6, 6.07) is 10.2. The molecular formula is C19H21N5OS. The molecule has 1 aromatic carbocycles. The number of carbonyl (C=O) groups is 1. The molecule has 0 aliphatic rings. The van der Waals surface area contributed by atoms with Gasteiger partial charge in [0.15, 0.2) is 5.82 Å². The first-order valence-corrected chi connectivity index (χ1v) is 9.37. The second kappa shape index (κ2) is 8.62.